The number of halogens is 2. The smallest absolute Gasteiger partial charge is 0.408 e. The van der Waals surface area contributed by atoms with Crippen molar-refractivity contribution in [2.45, 2.75) is 129 Å². The summed E-state index contributed by atoms with van der Waals surface area (Å²) in [5, 5.41) is 5.34. The molecule has 330 valence electrons. The molecule has 14 heteroatoms. The van der Waals surface area contributed by atoms with Crippen LogP contribution < -0.4 is 20.1 Å². The van der Waals surface area contributed by atoms with E-state index in [0.29, 0.717) is 38.9 Å². The van der Waals surface area contributed by atoms with Crippen LogP contribution in [0, 0.1) is 7.14 Å². The average Bonchev–Trinajstić information content (AvgIpc) is 3.17. The molecule has 2 N–H and O–H groups in total. The minimum absolute atomic E-state index is 0.264. The summed E-state index contributed by atoms with van der Waals surface area (Å²) in [6.45, 7) is 12.3. The minimum Gasteiger partial charge on any atom is -0.492 e. The van der Waals surface area contributed by atoms with Gasteiger partial charge in [0.1, 0.15) is 34.8 Å². The zero-order valence-electron chi connectivity index (χ0n) is 35.8. The van der Waals surface area contributed by atoms with Gasteiger partial charge in [0.25, 0.3) is 0 Å². The lowest BCUT2D eigenvalue weighted by molar-refractivity contribution is -0.147. The predicted octanol–water partition coefficient (Wildman–Crippen LogP) is 10.1. The summed E-state index contributed by atoms with van der Waals surface area (Å²) in [5.41, 5.74) is 0.451. The summed E-state index contributed by atoms with van der Waals surface area (Å²) in [6.07, 6.45) is 5.98. The monoisotopic (exact) mass is 1060 g/mol. The number of alkyl carbamates (subject to hydrolysis) is 2. The summed E-state index contributed by atoms with van der Waals surface area (Å²) < 4.78 is 35.9. The van der Waals surface area contributed by atoms with Gasteiger partial charge in [-0.15, -0.1) is 0 Å². The minimum atomic E-state index is -0.850. The first-order valence-corrected chi connectivity index (χ1v) is 22.8. The van der Waals surface area contributed by atoms with Crippen LogP contribution in [0.2, 0.25) is 0 Å². The maximum Gasteiger partial charge on any atom is 0.408 e. The van der Waals surface area contributed by atoms with Gasteiger partial charge in [0, 0.05) is 12.8 Å². The molecule has 12 nitrogen and oxygen atoms in total. The van der Waals surface area contributed by atoms with Crippen molar-refractivity contribution < 1.29 is 47.6 Å². The first-order chi connectivity index (χ1) is 28.5. The summed E-state index contributed by atoms with van der Waals surface area (Å²) in [4.78, 5) is 50.7. The van der Waals surface area contributed by atoms with Crippen LogP contribution in [0.4, 0.5) is 9.59 Å². The molecule has 0 unspecified atom stereocenters. The highest BCUT2D eigenvalue weighted by atomic mass is 127. The van der Waals surface area contributed by atoms with Crippen molar-refractivity contribution in [3.8, 4) is 11.5 Å². The number of amides is 2. The van der Waals surface area contributed by atoms with E-state index in [0.717, 1.165) is 68.3 Å². The fraction of sp³-hybridized carbons (Fsp3) is 0.522. The van der Waals surface area contributed by atoms with Crippen molar-refractivity contribution in [1.29, 1.82) is 0 Å². The van der Waals surface area contributed by atoms with Crippen LogP contribution in [-0.4, -0.2) is 73.8 Å². The fourth-order valence-electron chi connectivity index (χ4n) is 5.74. The van der Waals surface area contributed by atoms with Gasteiger partial charge < -0.3 is 39.1 Å². The molecule has 0 aliphatic heterocycles. The zero-order chi connectivity index (χ0) is 44.0. The molecule has 0 saturated carbocycles. The summed E-state index contributed by atoms with van der Waals surface area (Å²) in [6, 6.07) is 21.2. The molecular weight excluding hydrogens is 994 g/mol. The highest BCUT2D eigenvalue weighted by molar-refractivity contribution is 14.1. The third kappa shape index (κ3) is 21.6. The Kier molecular flexibility index (Phi) is 22.3. The molecule has 0 saturated heterocycles. The molecule has 0 aliphatic carbocycles. The molecule has 0 radical (unpaired) electrons. The van der Waals surface area contributed by atoms with Crippen LogP contribution in [0.15, 0.2) is 72.8 Å². The van der Waals surface area contributed by atoms with Gasteiger partial charge in [-0.05, 0) is 161 Å². The second-order valence-corrected chi connectivity index (χ2v) is 18.7. The Hall–Kier alpha value is -3.80. The molecule has 0 bridgehead atoms. The quantitative estimate of drug-likeness (QED) is 0.0385. The second kappa shape index (κ2) is 26.5. The number of ether oxygens (including phenoxy) is 6. The number of carbonyl (C=O) groups is 4. The lowest BCUT2D eigenvalue weighted by atomic mass is 10.1. The van der Waals surface area contributed by atoms with Crippen LogP contribution >= 0.6 is 45.2 Å². The van der Waals surface area contributed by atoms with E-state index in [-0.39, 0.29) is 13.2 Å². The van der Waals surface area contributed by atoms with E-state index in [1.54, 1.807) is 41.5 Å². The topological polar surface area (TPSA) is 148 Å². The standard InChI is InChI=1S/C46H62I2N2O10/c1-45(2,3)59-43(53)49-37(29-33-21-13-11-14-22-33)41(51)57-27-19-9-7-17-25-55-39-31-36(48)40(32-35(39)47)56-26-18-8-10-20-28-58-42(52)38(30-34-23-15-12-16-24-34)50-44(54)60-46(4,5)6/h11-16,21-24,31-32,37-38H,7-10,17-20,25-30H2,1-6H3,(H,49,53)(H,50,54)/t37-,38-/m0/s1. The molecule has 2 amide bonds. The Bertz CT molecular complexity index is 1640. The van der Waals surface area contributed by atoms with Crippen LogP contribution in [0.5, 0.6) is 11.5 Å². The third-order valence-electron chi connectivity index (χ3n) is 8.58. The Morgan fingerprint density at radius 1 is 0.517 bits per heavy atom. The van der Waals surface area contributed by atoms with Gasteiger partial charge in [0.2, 0.25) is 0 Å². The molecule has 2 atom stereocenters. The molecule has 0 heterocycles. The Morgan fingerprint density at radius 2 is 0.850 bits per heavy atom. The van der Waals surface area contributed by atoms with Gasteiger partial charge in [-0.3, -0.25) is 0 Å². The summed E-state index contributed by atoms with van der Waals surface area (Å²) in [7, 11) is 0. The van der Waals surface area contributed by atoms with Gasteiger partial charge in [-0.1, -0.05) is 60.7 Å². The molecule has 60 heavy (non-hydrogen) atoms. The Labute approximate surface area is 383 Å². The molecule has 3 rings (SSSR count). The first kappa shape index (κ1) is 50.6. The normalized spacial score (nSPS) is 12.4. The maximum absolute atomic E-state index is 12.9. The number of nitrogens with one attached hydrogen (secondary N) is 2. The van der Waals surface area contributed by atoms with Gasteiger partial charge in [0.05, 0.1) is 33.6 Å². The molecule has 3 aromatic rings. The van der Waals surface area contributed by atoms with Crippen molar-refractivity contribution in [3.05, 3.63) is 91.1 Å². The summed E-state index contributed by atoms with van der Waals surface area (Å²) >= 11 is 4.52. The van der Waals surface area contributed by atoms with E-state index in [1.165, 1.54) is 0 Å². The lowest BCUT2D eigenvalue weighted by Crippen LogP contribution is -2.45. The van der Waals surface area contributed by atoms with Crippen molar-refractivity contribution in [1.82, 2.24) is 10.6 Å². The molecular formula is C46H62I2N2O10. The number of carbonyl (C=O) groups excluding carboxylic acids is 4. The SMILES string of the molecule is CC(C)(C)OC(=O)N[C@@H](Cc1ccccc1)C(=O)OCCCCCCOc1cc(I)c(OCCCCCCOC(=O)[C@H](Cc2ccccc2)NC(=O)OC(C)(C)C)cc1I. The number of esters is 2. The highest BCUT2D eigenvalue weighted by Gasteiger charge is 2.27. The number of hydrogen-bond donors (Lipinski definition) is 2. The van der Waals surface area contributed by atoms with E-state index in [1.807, 2.05) is 72.8 Å². The van der Waals surface area contributed by atoms with E-state index in [9.17, 15) is 19.2 Å². The van der Waals surface area contributed by atoms with E-state index in [4.69, 9.17) is 28.4 Å². The van der Waals surface area contributed by atoms with E-state index in [2.05, 4.69) is 55.8 Å². The number of benzene rings is 3. The van der Waals surface area contributed by atoms with Crippen LogP contribution in [0.1, 0.15) is 104 Å². The Morgan fingerprint density at radius 3 is 1.18 bits per heavy atom. The van der Waals surface area contributed by atoms with Crippen molar-refractivity contribution in [3.63, 3.8) is 0 Å². The van der Waals surface area contributed by atoms with Crippen LogP contribution in [-0.2, 0) is 41.4 Å². The van der Waals surface area contributed by atoms with Crippen LogP contribution in [0.3, 0.4) is 0 Å². The molecule has 0 aliphatic rings. The molecule has 0 spiro atoms. The fourth-order valence-corrected chi connectivity index (χ4v) is 6.93. The van der Waals surface area contributed by atoms with Gasteiger partial charge >= 0.3 is 24.1 Å². The number of hydrogen-bond acceptors (Lipinski definition) is 10. The van der Waals surface area contributed by atoms with Crippen LogP contribution in [0.25, 0.3) is 0 Å². The zero-order valence-corrected chi connectivity index (χ0v) is 40.1. The van der Waals surface area contributed by atoms with E-state index >= 15 is 0 Å². The predicted molar refractivity (Wildman–Crippen MR) is 248 cm³/mol. The van der Waals surface area contributed by atoms with Gasteiger partial charge in [0.15, 0.2) is 0 Å². The third-order valence-corrected chi connectivity index (χ3v) is 10.3. The largest absolute Gasteiger partial charge is 0.492 e. The van der Waals surface area contributed by atoms with Gasteiger partial charge in [-0.2, -0.15) is 0 Å². The highest BCUT2D eigenvalue weighted by Crippen LogP contribution is 2.31. The van der Waals surface area contributed by atoms with Gasteiger partial charge in [-0.25, -0.2) is 19.2 Å². The summed E-state index contributed by atoms with van der Waals surface area (Å²) in [5.74, 6) is 0.651. The maximum atomic E-state index is 12.9. The van der Waals surface area contributed by atoms with Crippen molar-refractivity contribution >= 4 is 69.3 Å². The van der Waals surface area contributed by atoms with E-state index < -0.39 is 47.4 Å². The average molecular weight is 1060 g/mol. The Balaban J connectivity index is 1.29. The first-order valence-electron chi connectivity index (χ1n) is 20.6. The lowest BCUT2D eigenvalue weighted by Gasteiger charge is -2.23. The molecule has 0 aromatic heterocycles. The molecule has 3 aromatic carbocycles. The second-order valence-electron chi connectivity index (χ2n) is 16.4. The van der Waals surface area contributed by atoms with Crippen molar-refractivity contribution in [2.75, 3.05) is 26.4 Å². The number of unbranched alkanes of at least 4 members (excludes halogenated alkanes) is 6. The molecule has 0 fully saturated rings. The number of rotatable bonds is 24. The van der Waals surface area contributed by atoms with Crippen molar-refractivity contribution in [2.24, 2.45) is 0 Å².